The fourth-order valence-electron chi connectivity index (χ4n) is 6.28. The Morgan fingerprint density at radius 3 is 2.65 bits per heavy atom. The van der Waals surface area contributed by atoms with E-state index in [0.29, 0.717) is 31.5 Å². The summed E-state index contributed by atoms with van der Waals surface area (Å²) in [6, 6.07) is 16.9. The number of hydrogen-bond donors (Lipinski definition) is 3. The smallest absolute Gasteiger partial charge is 0.211 e. The van der Waals surface area contributed by atoms with Crippen LogP contribution in [-0.4, -0.2) is 82.2 Å². The highest BCUT2D eigenvalue weighted by Crippen LogP contribution is 2.25. The molecular weight excluding hydrogens is 717 g/mol. The van der Waals surface area contributed by atoms with E-state index in [1.807, 2.05) is 48.7 Å². The summed E-state index contributed by atoms with van der Waals surface area (Å²) in [5.74, 6) is 0.776. The maximum Gasteiger partial charge on any atom is 0.211 e. The van der Waals surface area contributed by atoms with Gasteiger partial charge in [0.15, 0.2) is 0 Å². The van der Waals surface area contributed by atoms with Crippen LogP contribution in [0.5, 0.6) is 0 Å². The van der Waals surface area contributed by atoms with Gasteiger partial charge in [-0.25, -0.2) is 9.37 Å². The number of nitrogens with zero attached hydrogens (tertiary/aromatic N) is 5. The number of aromatic nitrogens is 4. The molecule has 2 aromatic heterocycles. The molecule has 1 unspecified atom stereocenters. The zero-order valence-corrected chi connectivity index (χ0v) is 33.6. The Labute approximate surface area is 329 Å². The maximum absolute atomic E-state index is 13.9. The summed E-state index contributed by atoms with van der Waals surface area (Å²) in [5.41, 5.74) is 8.95. The van der Waals surface area contributed by atoms with Crippen molar-refractivity contribution >= 4 is 52.4 Å². The topological polar surface area (TPSA) is 121 Å². The summed E-state index contributed by atoms with van der Waals surface area (Å²) >= 11 is 4.64. The Bertz CT molecular complexity index is 2050. The Morgan fingerprint density at radius 2 is 1.96 bits per heavy atom. The number of halogens is 2. The van der Waals surface area contributed by atoms with Gasteiger partial charge in [-0.05, 0) is 99.9 Å². The van der Waals surface area contributed by atoms with Crippen molar-refractivity contribution < 1.29 is 19.0 Å². The number of fused-ring (bicyclic) bond motifs is 2. The van der Waals surface area contributed by atoms with E-state index in [1.54, 1.807) is 12.1 Å². The SMILES string of the molecule is C=N/C(=C\C=C/Cc1ccccc1F)C1=CCN(Cc2nc3cc(NC=O)ccc3n2CC(C)OCCC)CC1.CCl.CO.Cc1cc(C)c2[nH]ncc2c1. The van der Waals surface area contributed by atoms with Crippen LogP contribution in [0.3, 0.4) is 0 Å². The van der Waals surface area contributed by atoms with Crippen molar-refractivity contribution in [2.75, 3.05) is 38.5 Å². The Balaban J connectivity index is 0.000000453. The zero-order valence-electron chi connectivity index (χ0n) is 32.9. The zero-order chi connectivity index (χ0) is 40.2. The average Bonchev–Trinajstić information content (AvgIpc) is 3.81. The minimum absolute atomic E-state index is 0.0505. The lowest BCUT2D eigenvalue weighted by Gasteiger charge is -2.26. The van der Waals surface area contributed by atoms with Crippen LogP contribution in [0.15, 0.2) is 101 Å². The molecule has 3 heterocycles. The van der Waals surface area contributed by atoms with Crippen molar-refractivity contribution in [1.82, 2.24) is 24.6 Å². The molecule has 0 saturated carbocycles. The predicted molar refractivity (Wildman–Crippen MR) is 225 cm³/mol. The summed E-state index contributed by atoms with van der Waals surface area (Å²) in [5, 5.41) is 17.9. The van der Waals surface area contributed by atoms with E-state index in [0.717, 1.165) is 79.0 Å². The minimum Gasteiger partial charge on any atom is -0.400 e. The average molecular weight is 772 g/mol. The number of H-pyrrole nitrogens is 1. The fraction of sp³-hybridized carbons (Fsp3) is 0.349. The third-order valence-electron chi connectivity index (χ3n) is 8.83. The molecule has 0 bridgehead atoms. The van der Waals surface area contributed by atoms with Crippen LogP contribution in [0.2, 0.25) is 0 Å². The van der Waals surface area contributed by atoms with Gasteiger partial charge >= 0.3 is 0 Å². The molecule has 1 atom stereocenters. The number of amides is 1. The number of aromatic amines is 1. The van der Waals surface area contributed by atoms with Crippen LogP contribution in [0, 0.1) is 19.7 Å². The summed E-state index contributed by atoms with van der Waals surface area (Å²) in [6.45, 7) is 15.9. The van der Waals surface area contributed by atoms with Gasteiger partial charge in [-0.2, -0.15) is 5.10 Å². The first-order chi connectivity index (χ1) is 26.8. The highest BCUT2D eigenvalue weighted by Gasteiger charge is 2.19. The molecule has 6 rings (SSSR count). The number of carbonyl (C=O) groups excluding carboxylic acids is 1. The fourth-order valence-corrected chi connectivity index (χ4v) is 6.28. The van der Waals surface area contributed by atoms with Gasteiger partial charge < -0.3 is 19.7 Å². The number of allylic oxidation sites excluding steroid dienone is 4. The van der Waals surface area contributed by atoms with E-state index < -0.39 is 0 Å². The molecule has 1 aliphatic heterocycles. The molecule has 12 heteroatoms. The third kappa shape index (κ3) is 13.1. The first-order valence-corrected chi connectivity index (χ1v) is 19.1. The molecule has 1 aliphatic rings. The van der Waals surface area contributed by atoms with Gasteiger partial charge in [-0.1, -0.05) is 55.0 Å². The molecular formula is C43H55ClFN7O3. The largest absolute Gasteiger partial charge is 0.400 e. The molecule has 0 radical (unpaired) electrons. The van der Waals surface area contributed by atoms with Gasteiger partial charge in [0.25, 0.3) is 0 Å². The standard InChI is InChI=1S/C32H38FN5O2.C9H10N2.CH3Cl.CH4O/c1-4-19-40-24(2)21-38-31-14-13-27(35-23-39)20-30(31)36-32(38)22-37-17-15-26(16-18-37)29(34-3)12-8-6-10-25-9-5-7-11-28(25)33;1-6-3-7(2)9-8(4-6)5-10-11-9;2*1-2/h5-9,11-15,20,23-24H,3-4,10,16-19,21-22H2,1-2H3,(H,35,39);3-5H,1-2H3,(H,10,11);1H3;2H,1H3/b8-6-,29-12-;;;. The molecule has 294 valence electrons. The third-order valence-corrected chi connectivity index (χ3v) is 8.83. The summed E-state index contributed by atoms with van der Waals surface area (Å²) in [4.78, 5) is 22.5. The van der Waals surface area contributed by atoms with E-state index >= 15 is 0 Å². The number of rotatable bonds is 14. The number of aliphatic imine (C=N–C) groups is 1. The van der Waals surface area contributed by atoms with Crippen molar-refractivity contribution in [3.05, 3.63) is 125 Å². The molecule has 0 spiro atoms. The number of hydrogen-bond acceptors (Lipinski definition) is 7. The van der Waals surface area contributed by atoms with Crippen molar-refractivity contribution in [3.8, 4) is 0 Å². The van der Waals surface area contributed by atoms with Gasteiger partial charge in [0.05, 0.1) is 47.6 Å². The van der Waals surface area contributed by atoms with E-state index in [9.17, 15) is 9.18 Å². The second-order valence-electron chi connectivity index (χ2n) is 12.8. The summed E-state index contributed by atoms with van der Waals surface area (Å²) in [7, 11) is 1.00. The normalized spacial score (nSPS) is 13.5. The number of aliphatic hydroxyl groups excluding tert-OH is 1. The van der Waals surface area contributed by atoms with Crippen LogP contribution >= 0.6 is 11.6 Å². The summed E-state index contributed by atoms with van der Waals surface area (Å²) < 4.78 is 22.1. The molecule has 55 heavy (non-hydrogen) atoms. The maximum atomic E-state index is 13.9. The molecule has 0 aliphatic carbocycles. The number of carbonyl (C=O) groups is 1. The van der Waals surface area contributed by atoms with Crippen LogP contribution in [0.1, 0.15) is 49.2 Å². The summed E-state index contributed by atoms with van der Waals surface area (Å²) in [6.07, 6.45) is 14.4. The van der Waals surface area contributed by atoms with Gasteiger partial charge in [0.2, 0.25) is 6.41 Å². The van der Waals surface area contributed by atoms with E-state index in [1.165, 1.54) is 29.0 Å². The number of nitrogens with one attached hydrogen (secondary N) is 2. The number of aliphatic hydroxyl groups is 1. The number of ether oxygens (including phenoxy) is 1. The lowest BCUT2D eigenvalue weighted by molar-refractivity contribution is -0.105. The quantitative estimate of drug-likeness (QED) is 0.0450. The van der Waals surface area contributed by atoms with Crippen molar-refractivity contribution in [2.24, 2.45) is 4.99 Å². The molecule has 1 amide bonds. The Kier molecular flexibility index (Phi) is 19.2. The first kappa shape index (κ1) is 44.5. The van der Waals surface area contributed by atoms with Gasteiger partial charge in [0, 0.05) is 44.3 Å². The number of benzene rings is 3. The number of imidazole rings is 1. The van der Waals surface area contributed by atoms with Crippen molar-refractivity contribution in [2.45, 2.75) is 66.2 Å². The van der Waals surface area contributed by atoms with Crippen LogP contribution < -0.4 is 5.32 Å². The second kappa shape index (κ2) is 23.8. The highest BCUT2D eigenvalue weighted by atomic mass is 35.5. The van der Waals surface area contributed by atoms with Crippen molar-refractivity contribution in [1.29, 1.82) is 0 Å². The Morgan fingerprint density at radius 1 is 1.18 bits per heavy atom. The van der Waals surface area contributed by atoms with Crippen molar-refractivity contribution in [3.63, 3.8) is 0 Å². The second-order valence-corrected chi connectivity index (χ2v) is 12.8. The van der Waals surface area contributed by atoms with Crippen LogP contribution in [0.4, 0.5) is 10.1 Å². The molecule has 0 fully saturated rings. The van der Waals surface area contributed by atoms with E-state index in [4.69, 9.17) is 14.8 Å². The first-order valence-electron chi connectivity index (χ1n) is 18.3. The van der Waals surface area contributed by atoms with Crippen LogP contribution in [0.25, 0.3) is 21.9 Å². The molecule has 3 N–H and O–H groups in total. The molecule has 3 aromatic carbocycles. The van der Waals surface area contributed by atoms with Gasteiger partial charge in [0.1, 0.15) is 11.6 Å². The monoisotopic (exact) mass is 771 g/mol. The Hall–Kier alpha value is -4.94. The lowest BCUT2D eigenvalue weighted by Crippen LogP contribution is -2.30. The molecule has 0 saturated heterocycles. The highest BCUT2D eigenvalue weighted by molar-refractivity contribution is 6.15. The lowest BCUT2D eigenvalue weighted by atomic mass is 10.0. The number of alkyl halides is 1. The van der Waals surface area contributed by atoms with Crippen LogP contribution in [-0.2, 0) is 29.0 Å². The minimum atomic E-state index is -0.192. The molecule has 10 nitrogen and oxygen atoms in total. The van der Waals surface area contributed by atoms with Gasteiger partial charge in [-0.3, -0.25) is 19.8 Å². The molecule has 5 aromatic rings. The predicted octanol–water partition coefficient (Wildman–Crippen LogP) is 8.72. The van der Waals surface area contributed by atoms with E-state index in [-0.39, 0.29) is 11.9 Å². The number of anilines is 1. The van der Waals surface area contributed by atoms with E-state index in [2.05, 4.69) is 94.2 Å². The number of aryl methyl sites for hydroxylation is 2. The van der Waals surface area contributed by atoms with Gasteiger partial charge in [-0.15, -0.1) is 11.6 Å².